The molecule has 27 heavy (non-hydrogen) atoms. The maximum Gasteiger partial charge on any atom is 0.140 e. The Balaban J connectivity index is 1.89. The van der Waals surface area contributed by atoms with Crippen LogP contribution in [0.1, 0.15) is 63.9 Å². The minimum atomic E-state index is -0.823. The van der Waals surface area contributed by atoms with Crippen molar-refractivity contribution in [3.63, 3.8) is 0 Å². The molecule has 1 aliphatic rings. The van der Waals surface area contributed by atoms with E-state index in [0.29, 0.717) is 26.1 Å². The van der Waals surface area contributed by atoms with Crippen molar-refractivity contribution >= 4 is 0 Å². The molecule has 1 fully saturated rings. The van der Waals surface area contributed by atoms with Crippen LogP contribution in [-0.2, 0) is 16.1 Å². The first-order valence-electron chi connectivity index (χ1n) is 10.3. The molecule has 2 rings (SSSR count). The molecule has 1 aromatic rings. The lowest BCUT2D eigenvalue weighted by Crippen LogP contribution is -2.36. The predicted molar refractivity (Wildman–Crippen MR) is 107 cm³/mol. The van der Waals surface area contributed by atoms with Gasteiger partial charge in [0.2, 0.25) is 0 Å². The summed E-state index contributed by atoms with van der Waals surface area (Å²) in [5.74, 6) is 6.04. The zero-order valence-electron chi connectivity index (χ0n) is 16.5. The number of hydrogen-bond acceptors (Lipinski definition) is 4. The summed E-state index contributed by atoms with van der Waals surface area (Å²) >= 11 is 0. The minimum absolute atomic E-state index is 0.175. The second-order valence-electron chi connectivity index (χ2n) is 7.25. The lowest BCUT2D eigenvalue weighted by atomic mass is 9.98. The van der Waals surface area contributed by atoms with Gasteiger partial charge in [0.25, 0.3) is 0 Å². The van der Waals surface area contributed by atoms with Gasteiger partial charge in [-0.05, 0) is 37.7 Å². The second kappa shape index (κ2) is 12.9. The average molecular weight is 375 g/mol. The molecule has 2 N–H and O–H groups in total. The third kappa shape index (κ3) is 8.45. The zero-order chi connectivity index (χ0) is 19.3. The standard InChI is InChI=1S/C23H34O4/c1-2-3-4-5-9-13-20(24)23(27-18-19-11-7-6-8-12-19)16-15-22-21(25)14-10-17-26-22/h6-8,11-12,20-25H,2-5,10,14-18H2,1H3/t20?,21-,22+,23-/m0/s1. The van der Waals surface area contributed by atoms with Crippen molar-refractivity contribution in [3.8, 4) is 11.8 Å². The summed E-state index contributed by atoms with van der Waals surface area (Å²) in [5, 5.41) is 20.6. The number of unbranched alkanes of at least 4 members (excludes halogenated alkanes) is 3. The smallest absolute Gasteiger partial charge is 0.140 e. The molecule has 0 spiro atoms. The Bertz CT molecular complexity index is 563. The highest BCUT2D eigenvalue weighted by Crippen LogP contribution is 2.21. The SMILES string of the molecule is CCCCCC#CC(O)[C@H](CC[C@H]1OCCC[C@@H]1O)OCc1ccccc1. The summed E-state index contributed by atoms with van der Waals surface area (Å²) < 4.78 is 11.7. The van der Waals surface area contributed by atoms with Crippen molar-refractivity contribution in [2.75, 3.05) is 6.61 Å². The highest BCUT2D eigenvalue weighted by Gasteiger charge is 2.27. The molecule has 4 nitrogen and oxygen atoms in total. The van der Waals surface area contributed by atoms with Crippen molar-refractivity contribution in [1.29, 1.82) is 0 Å². The van der Waals surface area contributed by atoms with Crippen LogP contribution in [0.15, 0.2) is 30.3 Å². The van der Waals surface area contributed by atoms with Gasteiger partial charge < -0.3 is 19.7 Å². The van der Waals surface area contributed by atoms with E-state index in [9.17, 15) is 10.2 Å². The molecule has 0 aliphatic carbocycles. The highest BCUT2D eigenvalue weighted by molar-refractivity contribution is 5.14. The lowest BCUT2D eigenvalue weighted by molar-refractivity contribution is -0.0901. The van der Waals surface area contributed by atoms with Gasteiger partial charge in [0.15, 0.2) is 0 Å². The first-order chi connectivity index (χ1) is 13.2. The quantitative estimate of drug-likeness (QED) is 0.483. The van der Waals surface area contributed by atoms with Gasteiger partial charge in [-0.15, -0.1) is 5.92 Å². The fourth-order valence-electron chi connectivity index (χ4n) is 3.27. The molecule has 0 aromatic heterocycles. The first kappa shape index (κ1) is 21.9. The van der Waals surface area contributed by atoms with Crippen molar-refractivity contribution in [1.82, 2.24) is 0 Å². The molecule has 0 bridgehead atoms. The van der Waals surface area contributed by atoms with Gasteiger partial charge in [-0.2, -0.15) is 0 Å². The van der Waals surface area contributed by atoms with Crippen molar-refractivity contribution in [2.24, 2.45) is 0 Å². The normalized spacial score (nSPS) is 21.9. The van der Waals surface area contributed by atoms with Crippen LogP contribution >= 0.6 is 0 Å². The molecule has 4 heteroatoms. The minimum Gasteiger partial charge on any atom is -0.390 e. The van der Waals surface area contributed by atoms with E-state index < -0.39 is 12.2 Å². The van der Waals surface area contributed by atoms with E-state index in [1.165, 1.54) is 0 Å². The van der Waals surface area contributed by atoms with Gasteiger partial charge in [0.05, 0.1) is 24.9 Å². The largest absolute Gasteiger partial charge is 0.390 e. The molecule has 0 radical (unpaired) electrons. The van der Waals surface area contributed by atoms with Crippen LogP contribution in [0.25, 0.3) is 0 Å². The molecule has 1 aromatic carbocycles. The van der Waals surface area contributed by atoms with Gasteiger partial charge in [-0.25, -0.2) is 0 Å². The van der Waals surface area contributed by atoms with Crippen LogP contribution in [0.4, 0.5) is 0 Å². The van der Waals surface area contributed by atoms with Gasteiger partial charge in [-0.3, -0.25) is 0 Å². The number of benzene rings is 1. The topological polar surface area (TPSA) is 58.9 Å². The van der Waals surface area contributed by atoms with Crippen LogP contribution in [0.5, 0.6) is 0 Å². The fraction of sp³-hybridized carbons (Fsp3) is 0.652. The fourth-order valence-corrected chi connectivity index (χ4v) is 3.27. The zero-order valence-corrected chi connectivity index (χ0v) is 16.5. The van der Waals surface area contributed by atoms with Gasteiger partial charge in [-0.1, -0.05) is 56.0 Å². The highest BCUT2D eigenvalue weighted by atomic mass is 16.5. The summed E-state index contributed by atoms with van der Waals surface area (Å²) in [7, 11) is 0. The number of aliphatic hydroxyl groups is 2. The maximum absolute atomic E-state index is 10.5. The second-order valence-corrected chi connectivity index (χ2v) is 7.25. The van der Waals surface area contributed by atoms with Gasteiger partial charge >= 0.3 is 0 Å². The van der Waals surface area contributed by atoms with Crippen LogP contribution < -0.4 is 0 Å². The number of aliphatic hydroxyl groups excluding tert-OH is 2. The van der Waals surface area contributed by atoms with Crippen LogP contribution in [0.2, 0.25) is 0 Å². The van der Waals surface area contributed by atoms with Crippen LogP contribution in [0, 0.1) is 11.8 Å². The third-order valence-electron chi connectivity index (χ3n) is 4.96. The summed E-state index contributed by atoms with van der Waals surface area (Å²) in [5.41, 5.74) is 1.07. The number of hydrogen-bond donors (Lipinski definition) is 2. The van der Waals surface area contributed by atoms with Crippen molar-refractivity contribution in [2.45, 2.75) is 89.3 Å². The molecule has 1 saturated heterocycles. The Kier molecular flexibility index (Phi) is 10.5. The van der Waals surface area contributed by atoms with Gasteiger partial charge in [0, 0.05) is 13.0 Å². The molecular formula is C23H34O4. The van der Waals surface area contributed by atoms with E-state index >= 15 is 0 Å². The van der Waals surface area contributed by atoms with E-state index in [0.717, 1.165) is 44.1 Å². The molecule has 150 valence electrons. The van der Waals surface area contributed by atoms with E-state index in [1.54, 1.807) is 0 Å². The molecule has 4 atom stereocenters. The molecule has 1 aliphatic heterocycles. The van der Waals surface area contributed by atoms with E-state index in [4.69, 9.17) is 9.47 Å². The maximum atomic E-state index is 10.5. The summed E-state index contributed by atoms with van der Waals surface area (Å²) in [6.45, 7) is 3.29. The molecule has 0 amide bonds. The molecule has 1 unspecified atom stereocenters. The van der Waals surface area contributed by atoms with Crippen LogP contribution in [-0.4, -0.2) is 41.2 Å². The van der Waals surface area contributed by atoms with Crippen LogP contribution in [0.3, 0.4) is 0 Å². The summed E-state index contributed by atoms with van der Waals surface area (Å²) in [4.78, 5) is 0. The summed E-state index contributed by atoms with van der Waals surface area (Å²) in [6, 6.07) is 9.94. The van der Waals surface area contributed by atoms with Crippen molar-refractivity contribution < 1.29 is 19.7 Å². The Morgan fingerprint density at radius 1 is 1.26 bits per heavy atom. The monoisotopic (exact) mass is 374 g/mol. The number of ether oxygens (including phenoxy) is 2. The predicted octanol–water partition coefficient (Wildman–Crippen LogP) is 3.84. The van der Waals surface area contributed by atoms with Gasteiger partial charge in [0.1, 0.15) is 6.10 Å². The third-order valence-corrected chi connectivity index (χ3v) is 4.96. The Labute approximate surface area is 163 Å². The Morgan fingerprint density at radius 3 is 2.81 bits per heavy atom. The first-order valence-corrected chi connectivity index (χ1v) is 10.3. The lowest BCUT2D eigenvalue weighted by Gasteiger charge is -2.29. The molecular weight excluding hydrogens is 340 g/mol. The average Bonchev–Trinajstić information content (AvgIpc) is 2.69. The summed E-state index contributed by atoms with van der Waals surface area (Å²) in [6.07, 6.45) is 5.34. The van der Waals surface area contributed by atoms with E-state index in [-0.39, 0.29) is 12.2 Å². The van der Waals surface area contributed by atoms with Crippen molar-refractivity contribution in [3.05, 3.63) is 35.9 Å². The molecule has 0 saturated carbocycles. The Hall–Kier alpha value is -1.38. The van der Waals surface area contributed by atoms with E-state index in [1.807, 2.05) is 30.3 Å². The Morgan fingerprint density at radius 2 is 2.07 bits per heavy atom. The number of rotatable bonds is 10. The van der Waals surface area contributed by atoms with E-state index in [2.05, 4.69) is 18.8 Å². The molecule has 1 heterocycles.